The predicted molar refractivity (Wildman–Crippen MR) is 98.6 cm³/mol. The van der Waals surface area contributed by atoms with Crippen LogP contribution >= 0.6 is 0 Å². The second-order valence-corrected chi connectivity index (χ2v) is 6.68. The predicted octanol–water partition coefficient (Wildman–Crippen LogP) is 2.70. The zero-order chi connectivity index (χ0) is 20.9. The monoisotopic (exact) mass is 396 g/mol. The van der Waals surface area contributed by atoms with Crippen LogP contribution < -0.4 is 0 Å². The lowest BCUT2D eigenvalue weighted by atomic mass is 9.95. The Kier molecular flexibility index (Phi) is 4.14. The van der Waals surface area contributed by atoms with Gasteiger partial charge in [0, 0.05) is 6.42 Å². The SMILES string of the molecule is CC(C)=CCCC(=O)[C@H](c1nc2n(c1O)C(=N)N=N2)c1nc(O)c2n1C(=N)N=N2. The first kappa shape index (κ1) is 18.3. The van der Waals surface area contributed by atoms with Crippen LogP contribution in [0.1, 0.15) is 44.1 Å². The smallest absolute Gasteiger partial charge is 0.259 e. The summed E-state index contributed by atoms with van der Waals surface area (Å²) in [6.45, 7) is 3.82. The second-order valence-electron chi connectivity index (χ2n) is 6.68. The van der Waals surface area contributed by atoms with Crippen LogP contribution in [0.4, 0.5) is 11.8 Å². The maximum absolute atomic E-state index is 13.1. The van der Waals surface area contributed by atoms with E-state index in [1.54, 1.807) is 0 Å². The Morgan fingerprint density at radius 3 is 2.45 bits per heavy atom. The molecule has 0 fully saturated rings. The zero-order valence-corrected chi connectivity index (χ0v) is 15.4. The third kappa shape index (κ3) is 2.83. The van der Waals surface area contributed by atoms with Crippen molar-refractivity contribution in [3.63, 3.8) is 0 Å². The maximum atomic E-state index is 13.1. The van der Waals surface area contributed by atoms with Crippen LogP contribution in [-0.2, 0) is 4.79 Å². The first-order chi connectivity index (χ1) is 13.8. The highest BCUT2D eigenvalue weighted by atomic mass is 16.3. The van der Waals surface area contributed by atoms with Gasteiger partial charge in [0.2, 0.25) is 17.7 Å². The van der Waals surface area contributed by atoms with Crippen molar-refractivity contribution in [2.45, 2.75) is 32.6 Å². The van der Waals surface area contributed by atoms with Gasteiger partial charge >= 0.3 is 0 Å². The van der Waals surface area contributed by atoms with Crippen molar-refractivity contribution in [1.29, 1.82) is 10.8 Å². The number of Topliss-reactive ketones (excluding diaryl/α,β-unsaturated/α-hetero) is 1. The van der Waals surface area contributed by atoms with Gasteiger partial charge in [-0.25, -0.2) is 14.1 Å². The van der Waals surface area contributed by atoms with Gasteiger partial charge in [0.25, 0.3) is 17.8 Å². The Morgan fingerprint density at radius 2 is 1.76 bits per heavy atom. The summed E-state index contributed by atoms with van der Waals surface area (Å²) in [5, 5.41) is 50.8. The summed E-state index contributed by atoms with van der Waals surface area (Å²) < 4.78 is 2.11. The van der Waals surface area contributed by atoms with E-state index in [-0.39, 0.29) is 47.4 Å². The number of nitrogens with zero attached hydrogens (tertiary/aromatic N) is 8. The minimum absolute atomic E-state index is 0.0496. The fraction of sp³-hybridized carbons (Fsp3) is 0.312. The number of carbonyl (C=O) groups excluding carboxylic acids is 1. The highest BCUT2D eigenvalue weighted by Gasteiger charge is 2.39. The molecule has 0 spiro atoms. The lowest BCUT2D eigenvalue weighted by Gasteiger charge is -2.14. The number of hydrogen-bond acceptors (Lipinski definition) is 9. The number of azo groups is 2. The summed E-state index contributed by atoms with van der Waals surface area (Å²) >= 11 is 0. The third-order valence-corrected chi connectivity index (χ3v) is 4.42. The van der Waals surface area contributed by atoms with E-state index in [2.05, 4.69) is 30.4 Å². The standard InChI is InChI=1S/C16H16N10O3/c1-6(2)4-3-5-7(27)8(9-13(29)26-15(18)23-24-16(26)19-9)10-20-12(28)11-21-22-14(17)25(10)11/h4,8,17-18,28-29H,3,5H2,1-2H3/t8-/m1/s1. The van der Waals surface area contributed by atoms with Crippen molar-refractivity contribution in [1.82, 2.24) is 19.1 Å². The number of carbonyl (C=O) groups is 1. The van der Waals surface area contributed by atoms with E-state index in [0.29, 0.717) is 6.42 Å². The molecule has 29 heavy (non-hydrogen) atoms. The number of fused-ring (bicyclic) bond motifs is 2. The highest BCUT2D eigenvalue weighted by Crippen LogP contribution is 2.41. The van der Waals surface area contributed by atoms with E-state index in [4.69, 9.17) is 10.8 Å². The Bertz CT molecular complexity index is 1160. The van der Waals surface area contributed by atoms with Crippen LogP contribution in [0, 0.1) is 10.8 Å². The van der Waals surface area contributed by atoms with E-state index >= 15 is 0 Å². The van der Waals surface area contributed by atoms with Gasteiger partial charge in [-0.1, -0.05) is 11.6 Å². The summed E-state index contributed by atoms with van der Waals surface area (Å²) in [4.78, 5) is 21.3. The molecule has 0 amide bonds. The number of allylic oxidation sites excluding steroid dienone is 2. The van der Waals surface area contributed by atoms with Gasteiger partial charge in [0.15, 0.2) is 0 Å². The average molecular weight is 396 g/mol. The van der Waals surface area contributed by atoms with Crippen LogP contribution in [0.15, 0.2) is 32.1 Å². The molecule has 13 nitrogen and oxygen atoms in total. The maximum Gasteiger partial charge on any atom is 0.259 e. The largest absolute Gasteiger partial charge is 0.493 e. The van der Waals surface area contributed by atoms with Gasteiger partial charge in [0.05, 0.1) is 0 Å². The van der Waals surface area contributed by atoms with E-state index in [1.807, 2.05) is 19.9 Å². The molecule has 2 aliphatic heterocycles. The molecule has 2 aliphatic rings. The molecular formula is C16H16N10O3. The van der Waals surface area contributed by atoms with Gasteiger partial charge in [-0.3, -0.25) is 15.6 Å². The van der Waals surface area contributed by atoms with Gasteiger partial charge in [-0.2, -0.15) is 4.98 Å². The van der Waals surface area contributed by atoms with Crippen LogP contribution in [0.25, 0.3) is 0 Å². The normalized spacial score (nSPS) is 15.0. The molecule has 0 aromatic carbocycles. The number of hydrogen-bond donors (Lipinski definition) is 4. The highest BCUT2D eigenvalue weighted by molar-refractivity contribution is 5.94. The van der Waals surface area contributed by atoms with E-state index in [1.165, 1.54) is 0 Å². The van der Waals surface area contributed by atoms with E-state index in [0.717, 1.165) is 14.7 Å². The molecule has 1 atom stereocenters. The van der Waals surface area contributed by atoms with E-state index in [9.17, 15) is 15.0 Å². The molecule has 0 aliphatic carbocycles. The van der Waals surface area contributed by atoms with Gasteiger partial charge in [-0.05, 0) is 20.3 Å². The first-order valence-corrected chi connectivity index (χ1v) is 8.60. The minimum Gasteiger partial charge on any atom is -0.493 e. The third-order valence-electron chi connectivity index (χ3n) is 4.42. The quantitative estimate of drug-likeness (QED) is 0.545. The Morgan fingerprint density at radius 1 is 1.07 bits per heavy atom. The van der Waals surface area contributed by atoms with Crippen molar-refractivity contribution in [3.05, 3.63) is 23.2 Å². The molecule has 4 heterocycles. The van der Waals surface area contributed by atoms with Gasteiger partial charge in [-0.15, -0.1) is 20.5 Å². The topological polar surface area (TPSA) is 190 Å². The lowest BCUT2D eigenvalue weighted by Crippen LogP contribution is -2.21. The van der Waals surface area contributed by atoms with Crippen molar-refractivity contribution in [2.75, 3.05) is 0 Å². The molecule has 13 heteroatoms. The summed E-state index contributed by atoms with van der Waals surface area (Å²) in [7, 11) is 0. The molecule has 0 bridgehead atoms. The zero-order valence-electron chi connectivity index (χ0n) is 15.4. The number of rotatable bonds is 6. The van der Waals surface area contributed by atoms with Crippen LogP contribution in [0.5, 0.6) is 11.8 Å². The molecule has 2 aromatic heterocycles. The molecule has 0 saturated carbocycles. The number of nitrogens with one attached hydrogen (secondary N) is 2. The summed E-state index contributed by atoms with van der Waals surface area (Å²) in [5.74, 6) is -3.42. The first-order valence-electron chi connectivity index (χ1n) is 8.60. The Hall–Kier alpha value is -4.03. The van der Waals surface area contributed by atoms with Gasteiger partial charge in [0.1, 0.15) is 23.2 Å². The van der Waals surface area contributed by atoms with Crippen molar-refractivity contribution in [2.24, 2.45) is 20.5 Å². The van der Waals surface area contributed by atoms with Crippen LogP contribution in [0.3, 0.4) is 0 Å². The van der Waals surface area contributed by atoms with Crippen molar-refractivity contribution < 1.29 is 15.0 Å². The Balaban J connectivity index is 1.83. The fourth-order valence-electron chi connectivity index (χ4n) is 3.12. The molecule has 4 rings (SSSR count). The second kappa shape index (κ2) is 6.54. The molecule has 0 unspecified atom stereocenters. The number of imidazole rings is 2. The molecular weight excluding hydrogens is 380 g/mol. The molecule has 0 saturated heterocycles. The van der Waals surface area contributed by atoms with Crippen molar-refractivity contribution >= 4 is 29.5 Å². The number of ketones is 1. The average Bonchev–Trinajstić information content (AvgIpc) is 3.37. The van der Waals surface area contributed by atoms with Gasteiger partial charge < -0.3 is 10.2 Å². The minimum atomic E-state index is -1.23. The van der Waals surface area contributed by atoms with Crippen molar-refractivity contribution in [3.8, 4) is 11.8 Å². The molecule has 0 radical (unpaired) electrons. The number of aromatic nitrogens is 4. The summed E-state index contributed by atoms with van der Waals surface area (Å²) in [6, 6.07) is 0. The van der Waals surface area contributed by atoms with E-state index < -0.39 is 17.7 Å². The lowest BCUT2D eigenvalue weighted by molar-refractivity contribution is -0.119. The summed E-state index contributed by atoms with van der Waals surface area (Å²) in [6.07, 6.45) is 2.44. The van der Waals surface area contributed by atoms with Crippen LogP contribution in [0.2, 0.25) is 0 Å². The summed E-state index contributed by atoms with van der Waals surface area (Å²) in [5.41, 5.74) is 0.948. The fourth-order valence-corrected chi connectivity index (χ4v) is 3.12. The number of aromatic hydroxyl groups is 2. The molecule has 2 aromatic rings. The Labute approximate surface area is 163 Å². The molecule has 4 N–H and O–H groups in total. The molecule has 148 valence electrons. The van der Waals surface area contributed by atoms with Crippen LogP contribution in [-0.4, -0.2) is 47.0 Å².